The first-order valence-corrected chi connectivity index (χ1v) is 8.88. The number of alkyl halides is 3. The molecule has 0 saturated carbocycles. The van der Waals surface area contributed by atoms with E-state index >= 15 is 0 Å². The second-order valence-corrected chi connectivity index (χ2v) is 6.51. The van der Waals surface area contributed by atoms with Gasteiger partial charge in [-0.2, -0.15) is 18.2 Å². The zero-order valence-corrected chi connectivity index (χ0v) is 15.7. The Morgan fingerprint density at radius 1 is 1.20 bits per heavy atom. The van der Waals surface area contributed by atoms with Crippen LogP contribution < -0.4 is 10.1 Å². The Morgan fingerprint density at radius 2 is 2.00 bits per heavy atom. The van der Waals surface area contributed by atoms with E-state index in [0.29, 0.717) is 5.75 Å². The monoisotopic (exact) mass is 415 g/mol. The fraction of sp³-hybridized carbons (Fsp3) is 0.150. The average Bonchev–Trinajstić information content (AvgIpc) is 3.35. The van der Waals surface area contributed by atoms with Crippen LogP contribution in [0.3, 0.4) is 0 Å². The lowest BCUT2D eigenvalue weighted by Gasteiger charge is -2.07. The molecule has 0 fully saturated rings. The summed E-state index contributed by atoms with van der Waals surface area (Å²) in [6, 6.07) is 10.2. The third kappa shape index (κ3) is 3.84. The van der Waals surface area contributed by atoms with Gasteiger partial charge in [-0.05, 0) is 29.8 Å². The summed E-state index contributed by atoms with van der Waals surface area (Å²) in [5.74, 6) is 0.349. The Balaban J connectivity index is 1.50. The first kappa shape index (κ1) is 19.5. The van der Waals surface area contributed by atoms with Gasteiger partial charge in [-0.3, -0.25) is 15.2 Å². The number of nitrogens with zero attached hydrogens (tertiary/aromatic N) is 2. The van der Waals surface area contributed by atoms with Crippen LogP contribution in [-0.2, 0) is 17.4 Å². The molecule has 0 radical (unpaired) electrons. The summed E-state index contributed by atoms with van der Waals surface area (Å²) in [6.45, 7) is 0. The van der Waals surface area contributed by atoms with Crippen LogP contribution in [0, 0.1) is 0 Å². The minimum Gasteiger partial charge on any atom is -0.496 e. The molecule has 30 heavy (non-hydrogen) atoms. The zero-order chi connectivity index (χ0) is 21.3. The van der Waals surface area contributed by atoms with Gasteiger partial charge in [0.1, 0.15) is 5.75 Å². The van der Waals surface area contributed by atoms with Gasteiger partial charge in [-0.1, -0.05) is 18.2 Å². The molecule has 0 unspecified atom stereocenters. The fourth-order valence-electron chi connectivity index (χ4n) is 3.16. The molecule has 0 saturated heterocycles. The molecule has 10 heteroatoms. The number of carbonyl (C=O) groups excluding carboxylic acids is 1. The standard InChI is InChI=1S/C20H16F3N5O2/c1-30-15-7-3-6-14-17(15)12(10-24-14)9-16(29)25-19-26-18(27-28-19)11-4-2-5-13(8-11)20(21,22)23/h2-8,10,24H,9H2,1H3,(H2,25,26,27,28,29). The molecule has 4 rings (SSSR count). The molecule has 0 aliphatic carbocycles. The predicted octanol–water partition coefficient (Wildman–Crippen LogP) is 4.16. The number of benzene rings is 2. The molecule has 0 atom stereocenters. The fourth-order valence-corrected chi connectivity index (χ4v) is 3.16. The van der Waals surface area contributed by atoms with Gasteiger partial charge in [0, 0.05) is 22.7 Å². The van der Waals surface area contributed by atoms with Gasteiger partial charge < -0.3 is 9.72 Å². The zero-order valence-electron chi connectivity index (χ0n) is 15.7. The average molecular weight is 415 g/mol. The van der Waals surface area contributed by atoms with Crippen molar-refractivity contribution in [3.8, 4) is 17.1 Å². The van der Waals surface area contributed by atoms with Crippen molar-refractivity contribution in [1.29, 1.82) is 0 Å². The number of methoxy groups -OCH3 is 1. The molecule has 2 aromatic carbocycles. The quantitative estimate of drug-likeness (QED) is 0.456. The summed E-state index contributed by atoms with van der Waals surface area (Å²) in [6.07, 6.45) is -2.71. The normalized spacial score (nSPS) is 11.6. The molecule has 0 aliphatic heterocycles. The van der Waals surface area contributed by atoms with E-state index in [1.54, 1.807) is 19.4 Å². The Morgan fingerprint density at radius 3 is 2.77 bits per heavy atom. The Bertz CT molecular complexity index is 1210. The molecule has 1 amide bonds. The molecule has 154 valence electrons. The van der Waals surface area contributed by atoms with Gasteiger partial charge in [0.05, 0.1) is 19.1 Å². The van der Waals surface area contributed by atoms with Gasteiger partial charge in [0.25, 0.3) is 0 Å². The summed E-state index contributed by atoms with van der Waals surface area (Å²) >= 11 is 0. The Kier molecular flexibility index (Phi) is 4.90. The molecular weight excluding hydrogens is 399 g/mol. The van der Waals surface area contributed by atoms with E-state index in [0.717, 1.165) is 28.6 Å². The highest BCUT2D eigenvalue weighted by atomic mass is 19.4. The van der Waals surface area contributed by atoms with Crippen molar-refractivity contribution in [1.82, 2.24) is 20.2 Å². The molecule has 0 bridgehead atoms. The van der Waals surface area contributed by atoms with E-state index in [4.69, 9.17) is 4.74 Å². The molecule has 2 aromatic heterocycles. The van der Waals surface area contributed by atoms with Crippen molar-refractivity contribution in [3.63, 3.8) is 0 Å². The third-order valence-corrected chi connectivity index (χ3v) is 4.52. The van der Waals surface area contributed by atoms with E-state index in [1.165, 1.54) is 12.1 Å². The summed E-state index contributed by atoms with van der Waals surface area (Å²) in [5, 5.41) is 9.76. The van der Waals surface area contributed by atoms with Crippen LogP contribution in [0.25, 0.3) is 22.3 Å². The molecule has 7 nitrogen and oxygen atoms in total. The first-order valence-electron chi connectivity index (χ1n) is 8.88. The van der Waals surface area contributed by atoms with Crippen LogP contribution in [0.5, 0.6) is 5.75 Å². The SMILES string of the molecule is COc1cccc2[nH]cc(CC(=O)Nc3n[nH]c(-c4cccc(C(F)(F)F)c4)n3)c12. The van der Waals surface area contributed by atoms with Crippen LogP contribution in [0.4, 0.5) is 19.1 Å². The first-order chi connectivity index (χ1) is 14.3. The third-order valence-electron chi connectivity index (χ3n) is 4.52. The lowest BCUT2D eigenvalue weighted by Crippen LogP contribution is -2.15. The molecule has 4 aromatic rings. The molecule has 3 N–H and O–H groups in total. The number of hydrogen-bond donors (Lipinski definition) is 3. The maximum absolute atomic E-state index is 12.9. The van der Waals surface area contributed by atoms with Crippen LogP contribution in [0.15, 0.2) is 48.7 Å². The Labute approximate surface area is 168 Å². The topological polar surface area (TPSA) is 95.7 Å². The minimum absolute atomic E-state index is 0.0285. The smallest absolute Gasteiger partial charge is 0.416 e. The molecular formula is C20H16F3N5O2. The summed E-state index contributed by atoms with van der Waals surface area (Å²) in [4.78, 5) is 19.6. The lowest BCUT2D eigenvalue weighted by molar-refractivity contribution is -0.137. The van der Waals surface area contributed by atoms with Crippen LogP contribution in [0.1, 0.15) is 11.1 Å². The van der Waals surface area contributed by atoms with E-state index < -0.39 is 11.7 Å². The molecule has 0 aliphatic rings. The number of anilines is 1. The van der Waals surface area contributed by atoms with E-state index in [9.17, 15) is 18.0 Å². The summed E-state index contributed by atoms with van der Waals surface area (Å²) in [5.41, 5.74) is 0.977. The van der Waals surface area contributed by atoms with Gasteiger partial charge in [-0.15, -0.1) is 5.10 Å². The minimum atomic E-state index is -4.46. The predicted molar refractivity (Wildman–Crippen MR) is 104 cm³/mol. The Hall–Kier alpha value is -3.82. The van der Waals surface area contributed by atoms with Gasteiger partial charge in [0.2, 0.25) is 11.9 Å². The number of ether oxygens (including phenoxy) is 1. The van der Waals surface area contributed by atoms with Crippen molar-refractivity contribution in [2.24, 2.45) is 0 Å². The lowest BCUT2D eigenvalue weighted by atomic mass is 10.1. The number of H-pyrrole nitrogens is 2. The molecule has 2 heterocycles. The maximum Gasteiger partial charge on any atom is 0.416 e. The highest BCUT2D eigenvalue weighted by Crippen LogP contribution is 2.32. The van der Waals surface area contributed by atoms with E-state index in [-0.39, 0.29) is 29.7 Å². The molecule has 0 spiro atoms. The highest BCUT2D eigenvalue weighted by molar-refractivity contribution is 5.96. The number of aromatic amines is 2. The number of fused-ring (bicyclic) bond motifs is 1. The number of rotatable bonds is 5. The van der Waals surface area contributed by atoms with Crippen LogP contribution >= 0.6 is 0 Å². The van der Waals surface area contributed by atoms with Crippen molar-refractivity contribution < 1.29 is 22.7 Å². The second kappa shape index (κ2) is 7.54. The largest absolute Gasteiger partial charge is 0.496 e. The van der Waals surface area contributed by atoms with Gasteiger partial charge in [-0.25, -0.2) is 0 Å². The van der Waals surface area contributed by atoms with Gasteiger partial charge >= 0.3 is 6.18 Å². The van der Waals surface area contributed by atoms with Crippen molar-refractivity contribution in [2.75, 3.05) is 12.4 Å². The highest BCUT2D eigenvalue weighted by Gasteiger charge is 2.30. The number of aromatic nitrogens is 4. The number of carbonyl (C=O) groups is 1. The van der Waals surface area contributed by atoms with E-state index in [2.05, 4.69) is 25.5 Å². The van der Waals surface area contributed by atoms with Crippen molar-refractivity contribution >= 4 is 22.8 Å². The van der Waals surface area contributed by atoms with E-state index in [1.807, 2.05) is 12.1 Å². The maximum atomic E-state index is 12.9. The van der Waals surface area contributed by atoms with Crippen molar-refractivity contribution in [3.05, 3.63) is 59.8 Å². The van der Waals surface area contributed by atoms with Crippen LogP contribution in [0.2, 0.25) is 0 Å². The van der Waals surface area contributed by atoms with Crippen molar-refractivity contribution in [2.45, 2.75) is 12.6 Å². The summed E-state index contributed by atoms with van der Waals surface area (Å²) in [7, 11) is 1.55. The van der Waals surface area contributed by atoms with Crippen LogP contribution in [-0.4, -0.2) is 33.2 Å². The second-order valence-electron chi connectivity index (χ2n) is 6.51. The number of halogens is 3. The summed E-state index contributed by atoms with van der Waals surface area (Å²) < 4.78 is 44.0. The number of amides is 1. The number of hydrogen-bond acceptors (Lipinski definition) is 4. The number of nitrogens with one attached hydrogen (secondary N) is 3. The van der Waals surface area contributed by atoms with Gasteiger partial charge in [0.15, 0.2) is 5.82 Å².